The van der Waals surface area contributed by atoms with Crippen LogP contribution in [-0.2, 0) is 0 Å². The Labute approximate surface area is 179 Å². The van der Waals surface area contributed by atoms with Gasteiger partial charge in [-0.05, 0) is 64.4 Å². The van der Waals surface area contributed by atoms with Crippen LogP contribution < -0.4 is 10.1 Å². The predicted molar refractivity (Wildman–Crippen MR) is 114 cm³/mol. The van der Waals surface area contributed by atoms with Crippen molar-refractivity contribution in [3.05, 3.63) is 70.6 Å². The molecule has 9 nitrogen and oxygen atoms in total. The van der Waals surface area contributed by atoms with E-state index in [1.54, 1.807) is 48.9 Å². The molecule has 0 fully saturated rings. The lowest BCUT2D eigenvalue weighted by Crippen LogP contribution is -2.11. The number of carbonyl (C=O) groups excluding carboxylic acids is 1. The van der Waals surface area contributed by atoms with Crippen LogP contribution in [0.4, 0.5) is 5.69 Å². The number of aryl methyl sites for hydroxylation is 3. The third kappa shape index (κ3) is 4.16. The molecule has 0 unspecified atom stereocenters. The van der Waals surface area contributed by atoms with E-state index in [9.17, 15) is 4.79 Å². The monoisotopic (exact) mass is 418 g/mol. The molecule has 0 radical (unpaired) electrons. The number of ether oxygens (including phenoxy) is 1. The highest BCUT2D eigenvalue weighted by Gasteiger charge is 2.14. The molecule has 0 aliphatic carbocycles. The van der Waals surface area contributed by atoms with Crippen molar-refractivity contribution < 1.29 is 14.1 Å². The van der Waals surface area contributed by atoms with Crippen LogP contribution in [0.2, 0.25) is 0 Å². The van der Waals surface area contributed by atoms with Gasteiger partial charge in [0.15, 0.2) is 5.82 Å². The van der Waals surface area contributed by atoms with E-state index in [1.807, 2.05) is 20.8 Å². The van der Waals surface area contributed by atoms with E-state index in [0.717, 1.165) is 17.0 Å². The van der Waals surface area contributed by atoms with Crippen molar-refractivity contribution >= 4 is 11.6 Å². The van der Waals surface area contributed by atoms with Crippen molar-refractivity contribution in [2.75, 3.05) is 5.32 Å². The van der Waals surface area contributed by atoms with Crippen LogP contribution in [-0.4, -0.2) is 30.8 Å². The molecule has 0 aliphatic rings. The third-order valence-electron chi connectivity index (χ3n) is 5.00. The Kier molecular flexibility index (Phi) is 5.24. The molecule has 0 atom stereocenters. The summed E-state index contributed by atoms with van der Waals surface area (Å²) in [6.07, 6.45) is 1.39. The van der Waals surface area contributed by atoms with Crippen molar-refractivity contribution in [2.24, 2.45) is 0 Å². The van der Waals surface area contributed by atoms with Gasteiger partial charge >= 0.3 is 0 Å². The van der Waals surface area contributed by atoms with Crippen molar-refractivity contribution in [3.63, 3.8) is 0 Å². The van der Waals surface area contributed by atoms with Crippen LogP contribution in [0.1, 0.15) is 38.9 Å². The molecule has 3 aromatic heterocycles. The van der Waals surface area contributed by atoms with Crippen molar-refractivity contribution in [2.45, 2.75) is 34.6 Å². The van der Waals surface area contributed by atoms with Crippen LogP contribution in [0, 0.1) is 34.6 Å². The Morgan fingerprint density at radius 1 is 1.06 bits per heavy atom. The predicted octanol–water partition coefficient (Wildman–Crippen LogP) is 4.24. The Balaban J connectivity index is 1.52. The summed E-state index contributed by atoms with van der Waals surface area (Å²) in [6, 6.07) is 8.74. The number of benzene rings is 1. The number of amides is 1. The number of anilines is 1. The van der Waals surface area contributed by atoms with Gasteiger partial charge in [-0.2, -0.15) is 10.1 Å². The van der Waals surface area contributed by atoms with Crippen LogP contribution in [0.3, 0.4) is 0 Å². The molecule has 1 N–H and O–H groups in total. The Hall–Kier alpha value is -4.01. The molecule has 4 aromatic rings. The molecule has 31 heavy (non-hydrogen) atoms. The van der Waals surface area contributed by atoms with Crippen LogP contribution >= 0.6 is 0 Å². The van der Waals surface area contributed by atoms with Crippen LogP contribution in [0.25, 0.3) is 5.82 Å². The summed E-state index contributed by atoms with van der Waals surface area (Å²) >= 11 is 0. The highest BCUT2D eigenvalue weighted by molar-refractivity contribution is 6.04. The molecule has 4 rings (SSSR count). The van der Waals surface area contributed by atoms with E-state index in [2.05, 4.69) is 25.5 Å². The summed E-state index contributed by atoms with van der Waals surface area (Å²) in [5.74, 6) is 2.38. The maximum Gasteiger partial charge on any atom is 0.260 e. The van der Waals surface area contributed by atoms with Gasteiger partial charge in [0.1, 0.15) is 22.9 Å². The standard InChI is InChI=1S/C22H22N6O3/c1-12-13(2)27-28(14(12)3)20-10-21(25-16(5)24-20)30-18-8-6-17(7-9-18)26-22(29)19-11-23-31-15(19)4/h6-11H,1-5H3,(H,26,29). The average Bonchev–Trinajstić information content (AvgIpc) is 3.27. The first-order valence-electron chi connectivity index (χ1n) is 9.71. The van der Waals surface area contributed by atoms with E-state index >= 15 is 0 Å². The van der Waals surface area contributed by atoms with Gasteiger partial charge in [-0.1, -0.05) is 5.16 Å². The van der Waals surface area contributed by atoms with Crippen molar-refractivity contribution in [1.29, 1.82) is 0 Å². The fraction of sp³-hybridized carbons (Fsp3) is 0.227. The minimum Gasteiger partial charge on any atom is -0.439 e. The van der Waals surface area contributed by atoms with Gasteiger partial charge in [0.25, 0.3) is 5.91 Å². The summed E-state index contributed by atoms with van der Waals surface area (Å²) in [5, 5.41) is 11.0. The van der Waals surface area contributed by atoms with E-state index in [0.29, 0.717) is 40.3 Å². The number of aromatic nitrogens is 5. The minimum atomic E-state index is -0.288. The van der Waals surface area contributed by atoms with Crippen molar-refractivity contribution in [3.8, 4) is 17.4 Å². The molecule has 0 saturated carbocycles. The van der Waals surface area contributed by atoms with Gasteiger partial charge in [0.2, 0.25) is 5.88 Å². The number of hydrogen-bond donors (Lipinski definition) is 1. The Bertz CT molecular complexity index is 1260. The first kappa shape index (κ1) is 20.3. The topological polar surface area (TPSA) is 108 Å². The van der Waals surface area contributed by atoms with Crippen molar-refractivity contribution in [1.82, 2.24) is 24.9 Å². The quantitative estimate of drug-likeness (QED) is 0.516. The number of nitrogens with zero attached hydrogens (tertiary/aromatic N) is 5. The third-order valence-corrected chi connectivity index (χ3v) is 5.00. The molecular weight excluding hydrogens is 396 g/mol. The normalized spacial score (nSPS) is 10.9. The highest BCUT2D eigenvalue weighted by atomic mass is 16.5. The van der Waals surface area contributed by atoms with Crippen LogP contribution in [0.5, 0.6) is 11.6 Å². The maximum absolute atomic E-state index is 12.3. The summed E-state index contributed by atoms with van der Waals surface area (Å²) in [4.78, 5) is 21.1. The fourth-order valence-corrected chi connectivity index (χ4v) is 3.07. The second-order valence-electron chi connectivity index (χ2n) is 7.20. The molecular formula is C22H22N6O3. The Morgan fingerprint density at radius 2 is 1.81 bits per heavy atom. The van der Waals surface area contributed by atoms with Crippen LogP contribution in [0.15, 0.2) is 41.1 Å². The summed E-state index contributed by atoms with van der Waals surface area (Å²) < 4.78 is 12.6. The van der Waals surface area contributed by atoms with E-state index in [-0.39, 0.29) is 5.91 Å². The number of rotatable bonds is 5. The van der Waals surface area contributed by atoms with Gasteiger partial charge in [-0.15, -0.1) is 0 Å². The van der Waals surface area contributed by atoms with E-state index in [1.165, 1.54) is 6.20 Å². The van der Waals surface area contributed by atoms with Gasteiger partial charge in [-0.3, -0.25) is 4.79 Å². The maximum atomic E-state index is 12.3. The number of hydrogen-bond acceptors (Lipinski definition) is 7. The van der Waals surface area contributed by atoms with Gasteiger partial charge in [-0.25, -0.2) is 9.67 Å². The second-order valence-corrected chi connectivity index (χ2v) is 7.20. The lowest BCUT2D eigenvalue weighted by molar-refractivity contribution is 0.102. The molecule has 0 bridgehead atoms. The average molecular weight is 418 g/mol. The fourth-order valence-electron chi connectivity index (χ4n) is 3.07. The van der Waals surface area contributed by atoms with Gasteiger partial charge in [0.05, 0.1) is 11.9 Å². The summed E-state index contributed by atoms with van der Waals surface area (Å²) in [6.45, 7) is 9.49. The highest BCUT2D eigenvalue weighted by Crippen LogP contribution is 2.24. The molecule has 158 valence electrons. The summed E-state index contributed by atoms with van der Waals surface area (Å²) in [7, 11) is 0. The zero-order chi connectivity index (χ0) is 22.1. The molecule has 9 heteroatoms. The van der Waals surface area contributed by atoms with Gasteiger partial charge in [0, 0.05) is 17.4 Å². The molecule has 0 saturated heterocycles. The number of carbonyl (C=O) groups is 1. The van der Waals surface area contributed by atoms with E-state index < -0.39 is 0 Å². The Morgan fingerprint density at radius 3 is 2.42 bits per heavy atom. The molecule has 1 amide bonds. The SMILES string of the molecule is Cc1nc(Oc2ccc(NC(=O)c3cnoc3C)cc2)cc(-n2nc(C)c(C)c2C)n1. The molecule has 1 aromatic carbocycles. The zero-order valence-corrected chi connectivity index (χ0v) is 17.9. The van der Waals surface area contributed by atoms with Gasteiger partial charge < -0.3 is 14.6 Å². The zero-order valence-electron chi connectivity index (χ0n) is 17.9. The number of nitrogens with one attached hydrogen (secondary N) is 1. The first-order chi connectivity index (χ1) is 14.8. The molecule has 3 heterocycles. The van der Waals surface area contributed by atoms with E-state index in [4.69, 9.17) is 9.26 Å². The minimum absolute atomic E-state index is 0.288. The smallest absolute Gasteiger partial charge is 0.260 e. The summed E-state index contributed by atoms with van der Waals surface area (Å²) in [5.41, 5.74) is 4.11. The second kappa shape index (κ2) is 8.02. The lowest BCUT2D eigenvalue weighted by Gasteiger charge is -2.10. The molecule has 0 spiro atoms. The molecule has 0 aliphatic heterocycles. The largest absolute Gasteiger partial charge is 0.439 e. The first-order valence-corrected chi connectivity index (χ1v) is 9.71. The lowest BCUT2D eigenvalue weighted by atomic mass is 10.2.